The number of carbonyl (C=O) groups excluding carboxylic acids is 1. The summed E-state index contributed by atoms with van der Waals surface area (Å²) in [7, 11) is 0. The van der Waals surface area contributed by atoms with Crippen LogP contribution in [0.15, 0.2) is 78.0 Å². The maximum Gasteiger partial charge on any atom is 0.314 e. The Morgan fingerprint density at radius 2 is 1.74 bits per heavy atom. The van der Waals surface area contributed by atoms with Crippen LogP contribution in [0, 0.1) is 23.7 Å². The lowest BCUT2D eigenvalue weighted by Gasteiger charge is -2.34. The molecule has 0 radical (unpaired) electrons. The van der Waals surface area contributed by atoms with Gasteiger partial charge in [0.25, 0.3) is 0 Å². The highest BCUT2D eigenvalue weighted by atomic mass is 16.4. The third-order valence-electron chi connectivity index (χ3n) is 7.88. The van der Waals surface area contributed by atoms with Crippen LogP contribution in [0.5, 0.6) is 0 Å². The molecule has 0 saturated heterocycles. The minimum atomic E-state index is -1.99. The standard InChI is InChI=1S/C34H39NO4/c1-2-3-9-26-14-16-27(17-15-26)22-23-34(39)29(33(37)38)19-20-31(30(34)24-28-12-5-4-6-13-28)35-32(36)21-18-25-10-7-8-11-25/h4-6,12-17,19-20,25,29,39H,2-3,7-11,18,21,24H2,1H3,(H,35,36)(H,37,38). The van der Waals surface area contributed by atoms with Crippen LogP contribution in [0.25, 0.3) is 0 Å². The number of aryl methyl sites for hydroxylation is 1. The van der Waals surface area contributed by atoms with E-state index in [-0.39, 0.29) is 12.3 Å². The molecule has 5 nitrogen and oxygen atoms in total. The zero-order valence-corrected chi connectivity index (χ0v) is 22.8. The van der Waals surface area contributed by atoms with Crippen LogP contribution in [0.3, 0.4) is 0 Å². The van der Waals surface area contributed by atoms with Crippen molar-refractivity contribution in [2.75, 3.05) is 0 Å². The average molecular weight is 526 g/mol. The molecule has 2 aliphatic carbocycles. The van der Waals surface area contributed by atoms with Gasteiger partial charge in [-0.3, -0.25) is 9.59 Å². The molecule has 2 unspecified atom stereocenters. The topological polar surface area (TPSA) is 86.6 Å². The van der Waals surface area contributed by atoms with Gasteiger partial charge < -0.3 is 15.5 Å². The van der Waals surface area contributed by atoms with E-state index in [1.165, 1.54) is 37.3 Å². The van der Waals surface area contributed by atoms with Crippen LogP contribution in [0.2, 0.25) is 0 Å². The predicted octanol–water partition coefficient (Wildman–Crippen LogP) is 5.97. The van der Waals surface area contributed by atoms with Gasteiger partial charge in [-0.25, -0.2) is 0 Å². The Kier molecular flexibility index (Phi) is 9.79. The second-order valence-electron chi connectivity index (χ2n) is 10.8. The zero-order valence-electron chi connectivity index (χ0n) is 22.8. The van der Waals surface area contributed by atoms with Crippen molar-refractivity contribution < 1.29 is 19.8 Å². The summed E-state index contributed by atoms with van der Waals surface area (Å²) in [4.78, 5) is 25.3. The van der Waals surface area contributed by atoms with E-state index in [9.17, 15) is 19.8 Å². The lowest BCUT2D eigenvalue weighted by molar-refractivity contribution is -0.144. The van der Waals surface area contributed by atoms with E-state index in [0.29, 0.717) is 29.2 Å². The molecule has 2 aliphatic rings. The predicted molar refractivity (Wildman–Crippen MR) is 154 cm³/mol. The minimum absolute atomic E-state index is 0.126. The first-order valence-electron chi connectivity index (χ1n) is 14.2. The summed E-state index contributed by atoms with van der Waals surface area (Å²) in [6, 6.07) is 17.4. The molecule has 1 saturated carbocycles. The van der Waals surface area contributed by atoms with Gasteiger partial charge in [0.05, 0.1) is 0 Å². The largest absolute Gasteiger partial charge is 0.481 e. The van der Waals surface area contributed by atoms with E-state index >= 15 is 0 Å². The number of amides is 1. The third kappa shape index (κ3) is 7.49. The Bertz CT molecular complexity index is 1260. The minimum Gasteiger partial charge on any atom is -0.481 e. The number of unbranched alkanes of at least 4 members (excludes halogenated alkanes) is 1. The molecule has 39 heavy (non-hydrogen) atoms. The molecule has 0 aliphatic heterocycles. The highest BCUT2D eigenvalue weighted by molar-refractivity contribution is 5.81. The summed E-state index contributed by atoms with van der Waals surface area (Å²) >= 11 is 0. The van der Waals surface area contributed by atoms with Gasteiger partial charge in [-0.05, 0) is 60.9 Å². The Morgan fingerprint density at radius 3 is 2.41 bits per heavy atom. The number of carbonyl (C=O) groups is 2. The summed E-state index contributed by atoms with van der Waals surface area (Å²) in [5, 5.41) is 25.1. The second kappa shape index (κ2) is 13.4. The van der Waals surface area contributed by atoms with Gasteiger partial charge in [0.2, 0.25) is 5.91 Å². The van der Waals surface area contributed by atoms with E-state index in [1.807, 2.05) is 54.6 Å². The molecule has 0 spiro atoms. The Labute approximate surface area is 232 Å². The summed E-state index contributed by atoms with van der Waals surface area (Å²) in [6.07, 6.45) is 12.6. The van der Waals surface area contributed by atoms with Gasteiger partial charge in [0, 0.05) is 23.3 Å². The van der Waals surface area contributed by atoms with E-state index < -0.39 is 17.5 Å². The van der Waals surface area contributed by atoms with Gasteiger partial charge in [0.15, 0.2) is 5.60 Å². The first kappa shape index (κ1) is 28.4. The molecular formula is C34H39NO4. The number of rotatable bonds is 10. The number of aliphatic carboxylic acids is 1. The summed E-state index contributed by atoms with van der Waals surface area (Å²) in [5.41, 5.74) is 1.64. The van der Waals surface area contributed by atoms with Crippen LogP contribution >= 0.6 is 0 Å². The van der Waals surface area contributed by atoms with Crippen LogP contribution in [0.1, 0.15) is 75.0 Å². The van der Waals surface area contributed by atoms with Crippen LogP contribution in [-0.4, -0.2) is 27.7 Å². The van der Waals surface area contributed by atoms with E-state index in [2.05, 4.69) is 24.1 Å². The van der Waals surface area contributed by atoms with Crippen molar-refractivity contribution in [2.24, 2.45) is 11.8 Å². The van der Waals surface area contributed by atoms with Crippen molar-refractivity contribution in [1.82, 2.24) is 5.32 Å². The number of allylic oxidation sites excluding steroid dienone is 1. The van der Waals surface area contributed by atoms with Crippen molar-refractivity contribution in [1.29, 1.82) is 0 Å². The zero-order chi connectivity index (χ0) is 27.7. The van der Waals surface area contributed by atoms with Crippen LogP contribution in [-0.2, 0) is 22.4 Å². The number of hydrogen-bond donors (Lipinski definition) is 3. The number of carboxylic acid groups (broad SMARTS) is 1. The van der Waals surface area contributed by atoms with Gasteiger partial charge in [-0.1, -0.05) is 99.4 Å². The fourth-order valence-electron chi connectivity index (χ4n) is 5.54. The quantitative estimate of drug-likeness (QED) is 0.334. The first-order valence-corrected chi connectivity index (χ1v) is 14.2. The number of benzene rings is 2. The average Bonchev–Trinajstić information content (AvgIpc) is 3.46. The molecule has 1 amide bonds. The van der Waals surface area contributed by atoms with Gasteiger partial charge in [-0.15, -0.1) is 0 Å². The molecule has 0 aromatic heterocycles. The van der Waals surface area contributed by atoms with Crippen LogP contribution < -0.4 is 5.32 Å². The number of aliphatic hydroxyl groups is 1. The van der Waals surface area contributed by atoms with Crippen LogP contribution in [0.4, 0.5) is 0 Å². The third-order valence-corrected chi connectivity index (χ3v) is 7.88. The number of hydrogen-bond acceptors (Lipinski definition) is 3. The molecule has 0 bridgehead atoms. The Morgan fingerprint density at radius 1 is 1.03 bits per heavy atom. The van der Waals surface area contributed by atoms with E-state index in [1.54, 1.807) is 6.08 Å². The molecule has 1 fully saturated rings. The number of nitrogens with one attached hydrogen (secondary N) is 1. The normalized spacial score (nSPS) is 20.9. The monoisotopic (exact) mass is 525 g/mol. The second-order valence-corrected chi connectivity index (χ2v) is 10.8. The highest BCUT2D eigenvalue weighted by Gasteiger charge is 2.45. The lowest BCUT2D eigenvalue weighted by Crippen LogP contribution is -2.46. The van der Waals surface area contributed by atoms with Crippen molar-refractivity contribution in [3.8, 4) is 11.8 Å². The molecule has 2 atom stereocenters. The van der Waals surface area contributed by atoms with Crippen molar-refractivity contribution in [3.63, 3.8) is 0 Å². The highest BCUT2D eigenvalue weighted by Crippen LogP contribution is 2.36. The summed E-state index contributed by atoms with van der Waals surface area (Å²) in [6.45, 7) is 2.16. The molecule has 2 aromatic carbocycles. The first-order chi connectivity index (χ1) is 18.9. The number of carboxylic acids is 1. The SMILES string of the molecule is CCCCc1ccc(C#CC2(O)C(Cc3ccccc3)=C(NC(=O)CCC3CCCC3)C=CC2C(=O)O)cc1. The Hall–Kier alpha value is -3.62. The molecule has 204 valence electrons. The van der Waals surface area contributed by atoms with Crippen molar-refractivity contribution in [3.05, 3.63) is 94.7 Å². The molecule has 4 rings (SSSR count). The van der Waals surface area contributed by atoms with Gasteiger partial charge in [-0.2, -0.15) is 0 Å². The lowest BCUT2D eigenvalue weighted by atomic mass is 9.74. The maximum absolute atomic E-state index is 13.0. The molecule has 3 N–H and O–H groups in total. The summed E-state index contributed by atoms with van der Waals surface area (Å²) in [5.74, 6) is 3.97. The van der Waals surface area contributed by atoms with Crippen molar-refractivity contribution >= 4 is 11.9 Å². The fraction of sp³-hybridized carbons (Fsp3) is 0.412. The molecular weight excluding hydrogens is 486 g/mol. The van der Waals surface area contributed by atoms with Crippen molar-refractivity contribution in [2.45, 2.75) is 76.7 Å². The molecule has 0 heterocycles. The molecule has 2 aromatic rings. The smallest absolute Gasteiger partial charge is 0.314 e. The molecule has 5 heteroatoms. The maximum atomic E-state index is 13.0. The fourth-order valence-corrected chi connectivity index (χ4v) is 5.54. The summed E-state index contributed by atoms with van der Waals surface area (Å²) < 4.78 is 0. The van der Waals surface area contributed by atoms with E-state index in [4.69, 9.17) is 0 Å². The Balaban J connectivity index is 1.66. The van der Waals surface area contributed by atoms with Gasteiger partial charge in [0.1, 0.15) is 5.92 Å². The van der Waals surface area contributed by atoms with E-state index in [0.717, 1.165) is 31.2 Å². The van der Waals surface area contributed by atoms with Gasteiger partial charge >= 0.3 is 5.97 Å².